The molecule has 2 N–H and O–H groups in total. The molecule has 0 aliphatic carbocycles. The van der Waals surface area contributed by atoms with Crippen molar-refractivity contribution >= 4 is 43.5 Å². The Labute approximate surface area is 137 Å². The Morgan fingerprint density at radius 2 is 1.80 bits per heavy atom. The molecule has 0 radical (unpaired) electrons. The highest BCUT2D eigenvalue weighted by Gasteiger charge is 2.33. The summed E-state index contributed by atoms with van der Waals surface area (Å²) in [6.07, 6.45) is 0. The first-order valence-electron chi connectivity index (χ1n) is 5.63. The van der Waals surface area contributed by atoms with Crippen LogP contribution in [0.25, 0.3) is 0 Å². The van der Waals surface area contributed by atoms with Gasteiger partial charge < -0.3 is 5.73 Å². The molecule has 1 atom stereocenters. The molecular weight excluding hydrogens is 415 g/mol. The van der Waals surface area contributed by atoms with Crippen LogP contribution in [0.2, 0.25) is 5.02 Å². The second kappa shape index (κ2) is 5.72. The van der Waals surface area contributed by atoms with E-state index in [1.807, 2.05) is 0 Å². The molecule has 1 nitrogen and oxygen atoms in total. The third kappa shape index (κ3) is 2.77. The summed E-state index contributed by atoms with van der Waals surface area (Å²) in [7, 11) is 0. The van der Waals surface area contributed by atoms with E-state index in [0.717, 1.165) is 4.47 Å². The molecule has 2 aromatic carbocycles. The van der Waals surface area contributed by atoms with Crippen LogP contribution >= 0.6 is 43.5 Å². The topological polar surface area (TPSA) is 26.0 Å². The molecule has 2 aromatic rings. The summed E-state index contributed by atoms with van der Waals surface area (Å²) in [5.41, 5.74) is 5.00. The lowest BCUT2D eigenvalue weighted by molar-refractivity contribution is 0.479. The van der Waals surface area contributed by atoms with Crippen LogP contribution in [0.4, 0.5) is 8.78 Å². The molecule has 2 rings (SSSR count). The van der Waals surface area contributed by atoms with E-state index in [1.54, 1.807) is 18.2 Å². The highest BCUT2D eigenvalue weighted by molar-refractivity contribution is 9.10. The van der Waals surface area contributed by atoms with Gasteiger partial charge in [0.25, 0.3) is 0 Å². The Morgan fingerprint density at radius 3 is 2.40 bits per heavy atom. The fraction of sp³-hybridized carbons (Fsp3) is 0.143. The standard InChI is InChI=1S/C14H10Br2ClF2N/c1-14(20,8-3-2-7(15)6-10(8)17)12-11(18)5-4-9(16)13(12)19/h2-6H,20H2,1H3. The number of rotatable bonds is 2. The molecule has 0 aliphatic rings. The first-order valence-corrected chi connectivity index (χ1v) is 7.60. The molecule has 0 spiro atoms. The van der Waals surface area contributed by atoms with Crippen molar-refractivity contribution in [2.75, 3.05) is 0 Å². The minimum absolute atomic E-state index is 0.152. The monoisotopic (exact) mass is 423 g/mol. The first kappa shape index (κ1) is 15.9. The number of nitrogens with two attached hydrogens (primary N) is 1. The largest absolute Gasteiger partial charge is 0.318 e. The van der Waals surface area contributed by atoms with E-state index in [-0.39, 0.29) is 10.0 Å². The lowest BCUT2D eigenvalue weighted by atomic mass is 9.85. The van der Waals surface area contributed by atoms with Crippen LogP contribution in [-0.4, -0.2) is 0 Å². The second-order valence-electron chi connectivity index (χ2n) is 4.54. The fourth-order valence-electron chi connectivity index (χ4n) is 2.05. The van der Waals surface area contributed by atoms with Crippen LogP contribution < -0.4 is 5.73 Å². The summed E-state index contributed by atoms with van der Waals surface area (Å²) < 4.78 is 29.2. The van der Waals surface area contributed by atoms with Crippen molar-refractivity contribution in [1.29, 1.82) is 0 Å². The van der Waals surface area contributed by atoms with Crippen molar-refractivity contribution in [2.45, 2.75) is 12.5 Å². The van der Waals surface area contributed by atoms with Gasteiger partial charge in [-0.3, -0.25) is 0 Å². The van der Waals surface area contributed by atoms with Gasteiger partial charge in [-0.05, 0) is 52.7 Å². The Morgan fingerprint density at radius 1 is 1.15 bits per heavy atom. The number of benzene rings is 2. The third-order valence-electron chi connectivity index (χ3n) is 3.05. The molecule has 0 aliphatic heterocycles. The minimum atomic E-state index is -1.39. The molecule has 0 bridgehead atoms. The Kier molecular flexibility index (Phi) is 4.54. The molecule has 0 fully saturated rings. The Hall–Kier alpha value is -0.490. The van der Waals surface area contributed by atoms with Crippen LogP contribution in [-0.2, 0) is 5.54 Å². The Bertz CT molecular complexity index is 674. The van der Waals surface area contributed by atoms with Gasteiger partial charge in [0.15, 0.2) is 0 Å². The van der Waals surface area contributed by atoms with Gasteiger partial charge in [-0.1, -0.05) is 33.6 Å². The molecule has 6 heteroatoms. The van der Waals surface area contributed by atoms with Crippen molar-refractivity contribution in [3.05, 3.63) is 67.1 Å². The van der Waals surface area contributed by atoms with Crippen LogP contribution in [0.5, 0.6) is 0 Å². The molecule has 0 amide bonds. The lowest BCUT2D eigenvalue weighted by Gasteiger charge is -2.28. The van der Waals surface area contributed by atoms with Crippen molar-refractivity contribution in [2.24, 2.45) is 5.73 Å². The van der Waals surface area contributed by atoms with E-state index in [4.69, 9.17) is 17.3 Å². The van der Waals surface area contributed by atoms with Gasteiger partial charge in [-0.15, -0.1) is 0 Å². The average Bonchev–Trinajstić information content (AvgIpc) is 2.33. The predicted molar refractivity (Wildman–Crippen MR) is 83.9 cm³/mol. The quantitative estimate of drug-likeness (QED) is 0.644. The number of hydrogen-bond acceptors (Lipinski definition) is 1. The maximum Gasteiger partial charge on any atom is 0.145 e. The molecule has 20 heavy (non-hydrogen) atoms. The maximum absolute atomic E-state index is 14.2. The van der Waals surface area contributed by atoms with Gasteiger partial charge in [0.1, 0.15) is 11.6 Å². The molecule has 0 heterocycles. The predicted octanol–water partition coefficient (Wildman–Crippen LogP) is 5.37. The maximum atomic E-state index is 14.2. The van der Waals surface area contributed by atoms with Crippen LogP contribution in [0.3, 0.4) is 0 Å². The van der Waals surface area contributed by atoms with Crippen molar-refractivity contribution in [3.63, 3.8) is 0 Å². The van der Waals surface area contributed by atoms with Gasteiger partial charge in [0.2, 0.25) is 0 Å². The van der Waals surface area contributed by atoms with E-state index in [9.17, 15) is 8.78 Å². The highest BCUT2D eigenvalue weighted by atomic mass is 79.9. The van der Waals surface area contributed by atoms with E-state index in [1.165, 1.54) is 19.1 Å². The van der Waals surface area contributed by atoms with Gasteiger partial charge in [0.05, 0.1) is 10.0 Å². The molecular formula is C14H10Br2ClF2N. The zero-order valence-electron chi connectivity index (χ0n) is 10.4. The molecule has 0 aromatic heterocycles. The molecule has 106 valence electrons. The molecule has 0 saturated carbocycles. The SMILES string of the molecule is CC(N)(c1ccc(Br)cc1Cl)c1c(F)ccc(Br)c1F. The average molecular weight is 425 g/mol. The number of hydrogen-bond donors (Lipinski definition) is 1. The van der Waals surface area contributed by atoms with E-state index in [2.05, 4.69) is 31.9 Å². The Balaban J connectivity index is 2.69. The summed E-state index contributed by atoms with van der Waals surface area (Å²) in [5, 5.41) is 0.336. The zero-order chi connectivity index (χ0) is 15.1. The van der Waals surface area contributed by atoms with E-state index < -0.39 is 17.2 Å². The van der Waals surface area contributed by atoms with Crippen LogP contribution in [0, 0.1) is 11.6 Å². The van der Waals surface area contributed by atoms with Gasteiger partial charge in [-0.25, -0.2) is 8.78 Å². The van der Waals surface area contributed by atoms with E-state index >= 15 is 0 Å². The smallest absolute Gasteiger partial charge is 0.145 e. The highest BCUT2D eigenvalue weighted by Crippen LogP contribution is 2.37. The second-order valence-corrected chi connectivity index (χ2v) is 6.72. The summed E-state index contributed by atoms with van der Waals surface area (Å²) >= 11 is 12.5. The van der Waals surface area contributed by atoms with Crippen LogP contribution in [0.15, 0.2) is 39.3 Å². The summed E-state index contributed by atoms with van der Waals surface area (Å²) in [6, 6.07) is 7.47. The zero-order valence-corrected chi connectivity index (χ0v) is 14.3. The fourth-order valence-corrected chi connectivity index (χ4v) is 3.25. The van der Waals surface area contributed by atoms with Gasteiger partial charge >= 0.3 is 0 Å². The lowest BCUT2D eigenvalue weighted by Crippen LogP contribution is -2.37. The summed E-state index contributed by atoms with van der Waals surface area (Å²) in [4.78, 5) is 0. The van der Waals surface area contributed by atoms with Gasteiger partial charge in [-0.2, -0.15) is 0 Å². The normalized spacial score (nSPS) is 14.2. The summed E-state index contributed by atoms with van der Waals surface area (Å²) in [6.45, 7) is 1.52. The number of halogens is 5. The van der Waals surface area contributed by atoms with Crippen molar-refractivity contribution in [3.8, 4) is 0 Å². The van der Waals surface area contributed by atoms with E-state index in [0.29, 0.717) is 10.6 Å². The van der Waals surface area contributed by atoms with Crippen LogP contribution in [0.1, 0.15) is 18.1 Å². The van der Waals surface area contributed by atoms with Crippen molar-refractivity contribution in [1.82, 2.24) is 0 Å². The first-order chi connectivity index (χ1) is 9.25. The summed E-state index contributed by atoms with van der Waals surface area (Å²) in [5.74, 6) is -1.44. The third-order valence-corrected chi connectivity index (χ3v) is 4.47. The van der Waals surface area contributed by atoms with Gasteiger partial charge in [0, 0.05) is 15.1 Å². The molecule has 0 saturated heterocycles. The molecule has 1 unspecified atom stereocenters. The minimum Gasteiger partial charge on any atom is -0.318 e. The van der Waals surface area contributed by atoms with Crippen molar-refractivity contribution < 1.29 is 8.78 Å².